The lowest BCUT2D eigenvalue weighted by Gasteiger charge is -2.16. The summed E-state index contributed by atoms with van der Waals surface area (Å²) in [5.74, 6) is 0.150. The Morgan fingerprint density at radius 1 is 1.09 bits per heavy atom. The Balaban J connectivity index is 1.69. The third kappa shape index (κ3) is 3.60. The van der Waals surface area contributed by atoms with Crippen molar-refractivity contribution in [2.24, 2.45) is 0 Å². The van der Waals surface area contributed by atoms with Crippen LogP contribution in [0.25, 0.3) is 11.0 Å². The molecule has 23 heavy (non-hydrogen) atoms. The molecule has 0 bridgehead atoms. The highest BCUT2D eigenvalue weighted by Gasteiger charge is 2.16. The van der Waals surface area contributed by atoms with E-state index in [4.69, 9.17) is 4.42 Å². The van der Waals surface area contributed by atoms with E-state index in [9.17, 15) is 9.90 Å². The molecule has 0 fully saturated rings. The average Bonchev–Trinajstić information content (AvgIpc) is 3.03. The van der Waals surface area contributed by atoms with Crippen molar-refractivity contribution in [1.82, 2.24) is 5.32 Å². The predicted molar refractivity (Wildman–Crippen MR) is 89.4 cm³/mol. The number of furan rings is 1. The number of amides is 1. The molecule has 1 unspecified atom stereocenters. The molecule has 4 nitrogen and oxygen atoms in total. The van der Waals surface area contributed by atoms with Crippen molar-refractivity contribution in [2.45, 2.75) is 12.3 Å². The van der Waals surface area contributed by atoms with E-state index in [2.05, 4.69) is 5.32 Å². The molecule has 0 saturated heterocycles. The van der Waals surface area contributed by atoms with E-state index in [0.717, 1.165) is 10.9 Å². The molecule has 0 spiro atoms. The van der Waals surface area contributed by atoms with Gasteiger partial charge in [0.2, 0.25) is 0 Å². The minimum Gasteiger partial charge on any atom is -0.451 e. The highest BCUT2D eigenvalue weighted by atomic mass is 16.3. The van der Waals surface area contributed by atoms with Crippen LogP contribution in [0.5, 0.6) is 0 Å². The monoisotopic (exact) mass is 309 g/mol. The Morgan fingerprint density at radius 2 is 1.83 bits per heavy atom. The van der Waals surface area contributed by atoms with Crippen molar-refractivity contribution < 1.29 is 14.3 Å². The largest absolute Gasteiger partial charge is 0.451 e. The first-order valence-corrected chi connectivity index (χ1v) is 7.70. The van der Waals surface area contributed by atoms with Crippen molar-refractivity contribution in [1.29, 1.82) is 0 Å². The van der Waals surface area contributed by atoms with Crippen LogP contribution in [0, 0.1) is 0 Å². The van der Waals surface area contributed by atoms with Crippen LogP contribution in [0.2, 0.25) is 0 Å². The normalized spacial score (nSPS) is 12.2. The maximum absolute atomic E-state index is 12.3. The molecule has 1 heterocycles. The van der Waals surface area contributed by atoms with Crippen LogP contribution in [0.3, 0.4) is 0 Å². The summed E-state index contributed by atoms with van der Waals surface area (Å²) in [6.07, 6.45) is 0.602. The highest BCUT2D eigenvalue weighted by molar-refractivity contribution is 5.96. The lowest BCUT2D eigenvalue weighted by Crippen LogP contribution is -2.28. The van der Waals surface area contributed by atoms with Gasteiger partial charge in [0.15, 0.2) is 5.76 Å². The topological polar surface area (TPSA) is 62.5 Å². The molecular weight excluding hydrogens is 290 g/mol. The van der Waals surface area contributed by atoms with Gasteiger partial charge in [0.1, 0.15) is 5.58 Å². The van der Waals surface area contributed by atoms with Gasteiger partial charge in [0.05, 0.1) is 0 Å². The SMILES string of the molecule is O=C(NCC(CCO)c1ccccc1)c1cc2ccccc2o1. The number of para-hydroxylation sites is 1. The van der Waals surface area contributed by atoms with E-state index in [1.807, 2.05) is 54.6 Å². The van der Waals surface area contributed by atoms with Crippen molar-refractivity contribution in [3.8, 4) is 0 Å². The van der Waals surface area contributed by atoms with Gasteiger partial charge in [-0.2, -0.15) is 0 Å². The minimum absolute atomic E-state index is 0.0783. The fraction of sp³-hybridized carbons (Fsp3) is 0.211. The van der Waals surface area contributed by atoms with Crippen LogP contribution in [-0.4, -0.2) is 24.2 Å². The van der Waals surface area contributed by atoms with E-state index in [-0.39, 0.29) is 18.4 Å². The molecule has 1 aromatic heterocycles. The molecule has 4 heteroatoms. The van der Waals surface area contributed by atoms with Gasteiger partial charge in [0.25, 0.3) is 5.91 Å². The number of benzene rings is 2. The summed E-state index contributed by atoms with van der Waals surface area (Å²) < 4.78 is 5.57. The van der Waals surface area contributed by atoms with Gasteiger partial charge in [-0.1, -0.05) is 48.5 Å². The minimum atomic E-state index is -0.236. The zero-order chi connectivity index (χ0) is 16.1. The Labute approximate surface area is 134 Å². The maximum Gasteiger partial charge on any atom is 0.287 e. The Bertz CT molecular complexity index is 746. The Kier molecular flexibility index (Phi) is 4.74. The molecule has 1 atom stereocenters. The van der Waals surface area contributed by atoms with E-state index >= 15 is 0 Å². The average molecular weight is 309 g/mol. The number of carbonyl (C=O) groups excluding carboxylic acids is 1. The van der Waals surface area contributed by atoms with E-state index in [0.29, 0.717) is 24.3 Å². The van der Waals surface area contributed by atoms with E-state index < -0.39 is 0 Å². The van der Waals surface area contributed by atoms with E-state index in [1.54, 1.807) is 6.07 Å². The molecule has 1 amide bonds. The zero-order valence-electron chi connectivity index (χ0n) is 12.7. The van der Waals surface area contributed by atoms with Gasteiger partial charge in [-0.3, -0.25) is 4.79 Å². The van der Waals surface area contributed by atoms with Crippen LogP contribution >= 0.6 is 0 Å². The molecule has 0 aliphatic rings. The van der Waals surface area contributed by atoms with Gasteiger partial charge in [0, 0.05) is 24.5 Å². The summed E-state index contributed by atoms with van der Waals surface area (Å²) in [4.78, 5) is 12.3. The van der Waals surface area contributed by atoms with Crippen LogP contribution in [0.15, 0.2) is 65.1 Å². The van der Waals surface area contributed by atoms with Gasteiger partial charge >= 0.3 is 0 Å². The van der Waals surface area contributed by atoms with Crippen LogP contribution in [-0.2, 0) is 0 Å². The van der Waals surface area contributed by atoms with Crippen LogP contribution in [0.1, 0.15) is 28.5 Å². The number of nitrogens with one attached hydrogen (secondary N) is 1. The van der Waals surface area contributed by atoms with Crippen molar-refractivity contribution in [2.75, 3.05) is 13.2 Å². The van der Waals surface area contributed by atoms with Crippen molar-refractivity contribution in [3.05, 3.63) is 72.0 Å². The Hall–Kier alpha value is -2.59. The molecular formula is C19H19NO3. The summed E-state index contributed by atoms with van der Waals surface area (Å²) >= 11 is 0. The fourth-order valence-electron chi connectivity index (χ4n) is 2.66. The first-order chi connectivity index (χ1) is 11.3. The zero-order valence-corrected chi connectivity index (χ0v) is 12.7. The first kappa shape index (κ1) is 15.3. The molecule has 3 rings (SSSR count). The molecule has 0 radical (unpaired) electrons. The predicted octanol–water partition coefficient (Wildman–Crippen LogP) is 3.33. The fourth-order valence-corrected chi connectivity index (χ4v) is 2.66. The molecule has 118 valence electrons. The van der Waals surface area contributed by atoms with Crippen molar-refractivity contribution >= 4 is 16.9 Å². The van der Waals surface area contributed by atoms with Crippen molar-refractivity contribution in [3.63, 3.8) is 0 Å². The number of carbonyl (C=O) groups is 1. The summed E-state index contributed by atoms with van der Waals surface area (Å²) in [5, 5.41) is 13.1. The summed E-state index contributed by atoms with van der Waals surface area (Å²) in [7, 11) is 0. The van der Waals surface area contributed by atoms with Gasteiger partial charge in [-0.25, -0.2) is 0 Å². The number of hydrogen-bond donors (Lipinski definition) is 2. The number of fused-ring (bicyclic) bond motifs is 1. The third-order valence-electron chi connectivity index (χ3n) is 3.91. The van der Waals surface area contributed by atoms with Gasteiger partial charge in [-0.05, 0) is 24.1 Å². The lowest BCUT2D eigenvalue weighted by molar-refractivity contribution is 0.0924. The quantitative estimate of drug-likeness (QED) is 0.734. The second kappa shape index (κ2) is 7.11. The Morgan fingerprint density at radius 3 is 2.57 bits per heavy atom. The van der Waals surface area contributed by atoms with Gasteiger partial charge in [-0.15, -0.1) is 0 Å². The molecule has 0 aliphatic carbocycles. The number of rotatable bonds is 6. The molecule has 0 saturated carbocycles. The van der Waals surface area contributed by atoms with Crippen LogP contribution < -0.4 is 5.32 Å². The molecule has 2 N–H and O–H groups in total. The summed E-state index contributed by atoms with van der Waals surface area (Å²) in [6.45, 7) is 0.542. The smallest absolute Gasteiger partial charge is 0.287 e. The second-order valence-electron chi connectivity index (χ2n) is 5.48. The maximum atomic E-state index is 12.3. The molecule has 2 aromatic carbocycles. The standard InChI is InChI=1S/C19H19NO3/c21-11-10-16(14-6-2-1-3-7-14)13-20-19(22)18-12-15-8-4-5-9-17(15)23-18/h1-9,12,16,21H,10-11,13H2,(H,20,22). The summed E-state index contributed by atoms with van der Waals surface area (Å²) in [6, 6.07) is 19.2. The molecule has 3 aromatic rings. The third-order valence-corrected chi connectivity index (χ3v) is 3.91. The van der Waals surface area contributed by atoms with E-state index in [1.165, 1.54) is 0 Å². The number of aliphatic hydroxyl groups is 1. The first-order valence-electron chi connectivity index (χ1n) is 7.70. The lowest BCUT2D eigenvalue weighted by atomic mass is 9.96. The summed E-state index contributed by atoms with van der Waals surface area (Å²) in [5.41, 5.74) is 1.80. The highest BCUT2D eigenvalue weighted by Crippen LogP contribution is 2.20. The molecule has 0 aliphatic heterocycles. The second-order valence-corrected chi connectivity index (χ2v) is 5.48. The number of aliphatic hydroxyl groups excluding tert-OH is 1. The van der Waals surface area contributed by atoms with Gasteiger partial charge < -0.3 is 14.8 Å². The van der Waals surface area contributed by atoms with Crippen LogP contribution in [0.4, 0.5) is 0 Å². The number of hydrogen-bond acceptors (Lipinski definition) is 3.